The van der Waals surface area contributed by atoms with Gasteiger partial charge in [-0.05, 0) is 62.2 Å². The van der Waals surface area contributed by atoms with Gasteiger partial charge >= 0.3 is 11.9 Å². The number of aromatic nitrogens is 1. The minimum atomic E-state index is -0.855. The fourth-order valence-electron chi connectivity index (χ4n) is 4.06. The molecule has 1 atom stereocenters. The first kappa shape index (κ1) is 27.6. The van der Waals surface area contributed by atoms with Gasteiger partial charge in [0.2, 0.25) is 0 Å². The van der Waals surface area contributed by atoms with Crippen LogP contribution in [0.3, 0.4) is 0 Å². The molecule has 0 aliphatic carbocycles. The molecule has 38 heavy (non-hydrogen) atoms. The van der Waals surface area contributed by atoms with Crippen LogP contribution in [0.4, 0.5) is 0 Å². The summed E-state index contributed by atoms with van der Waals surface area (Å²) in [5, 5.41) is 0.769. The van der Waals surface area contributed by atoms with Gasteiger partial charge in [-0.15, -0.1) is 0 Å². The molecule has 1 aliphatic rings. The molecule has 1 aliphatic heterocycles. The summed E-state index contributed by atoms with van der Waals surface area (Å²) >= 11 is 13.4. The Hall–Kier alpha value is -3.40. The van der Waals surface area contributed by atoms with E-state index in [2.05, 4.69) is 4.99 Å². The zero-order valence-corrected chi connectivity index (χ0v) is 23.4. The molecule has 0 N–H and O–H groups in total. The second kappa shape index (κ2) is 11.6. The van der Waals surface area contributed by atoms with Gasteiger partial charge in [0.15, 0.2) is 16.3 Å². The quantitative estimate of drug-likeness (QED) is 0.306. The van der Waals surface area contributed by atoms with Gasteiger partial charge in [-0.25, -0.2) is 9.79 Å². The van der Waals surface area contributed by atoms with Crippen LogP contribution in [0, 0.1) is 0 Å². The van der Waals surface area contributed by atoms with Crippen molar-refractivity contribution < 1.29 is 23.8 Å². The van der Waals surface area contributed by atoms with Crippen LogP contribution in [0.5, 0.6) is 11.5 Å². The molecule has 0 radical (unpaired) electrons. The Kier molecular flexibility index (Phi) is 8.40. The standard InChI is InChI=1S/C27H24Cl2N2O6S/c1-5-35-21-13-17(8-10-20(21)37-15(4)32)24-23(26(34)36-6-2)14(3)30-27-31(24)25(33)22(38-27)12-16-7-9-18(28)19(29)11-16/h7-13,24H,5-6H2,1-4H3/b22-12+/t24-/m1/s1. The van der Waals surface area contributed by atoms with Crippen molar-refractivity contribution in [2.24, 2.45) is 4.99 Å². The highest BCUT2D eigenvalue weighted by Crippen LogP contribution is 2.36. The summed E-state index contributed by atoms with van der Waals surface area (Å²) in [6.07, 6.45) is 1.70. The molecule has 4 rings (SSSR count). The summed E-state index contributed by atoms with van der Waals surface area (Å²) in [4.78, 5) is 43.4. The molecule has 1 aromatic heterocycles. The number of carbonyl (C=O) groups excluding carboxylic acids is 2. The van der Waals surface area contributed by atoms with Crippen LogP contribution >= 0.6 is 34.5 Å². The summed E-state index contributed by atoms with van der Waals surface area (Å²) in [5.74, 6) is -0.555. The molecule has 198 valence electrons. The molecule has 11 heteroatoms. The van der Waals surface area contributed by atoms with Crippen molar-refractivity contribution in [3.63, 3.8) is 0 Å². The van der Waals surface area contributed by atoms with Crippen molar-refractivity contribution in [1.29, 1.82) is 0 Å². The molecule has 2 heterocycles. The molecule has 0 fully saturated rings. The van der Waals surface area contributed by atoms with E-state index in [-0.39, 0.29) is 23.5 Å². The minimum Gasteiger partial charge on any atom is -0.490 e. The van der Waals surface area contributed by atoms with Crippen LogP contribution in [0.1, 0.15) is 44.9 Å². The summed E-state index contributed by atoms with van der Waals surface area (Å²) < 4.78 is 18.2. The van der Waals surface area contributed by atoms with Gasteiger partial charge in [-0.3, -0.25) is 14.2 Å². The Morgan fingerprint density at radius 3 is 2.50 bits per heavy atom. The lowest BCUT2D eigenvalue weighted by Crippen LogP contribution is -2.40. The number of fused-ring (bicyclic) bond motifs is 1. The maximum Gasteiger partial charge on any atom is 0.338 e. The summed E-state index contributed by atoms with van der Waals surface area (Å²) in [6, 6.07) is 9.12. The lowest BCUT2D eigenvalue weighted by Gasteiger charge is -2.25. The molecular weight excluding hydrogens is 551 g/mol. The average Bonchev–Trinajstić information content (AvgIpc) is 3.16. The van der Waals surface area contributed by atoms with E-state index < -0.39 is 18.0 Å². The van der Waals surface area contributed by atoms with Crippen LogP contribution in [0.25, 0.3) is 6.08 Å². The van der Waals surface area contributed by atoms with Gasteiger partial charge < -0.3 is 14.2 Å². The summed E-state index contributed by atoms with van der Waals surface area (Å²) in [5.41, 5.74) is 1.55. The van der Waals surface area contributed by atoms with Crippen molar-refractivity contribution in [1.82, 2.24) is 4.57 Å². The molecule has 3 aromatic rings. The Balaban J connectivity index is 1.95. The molecule has 8 nitrogen and oxygen atoms in total. The highest BCUT2D eigenvalue weighted by atomic mass is 35.5. The summed E-state index contributed by atoms with van der Waals surface area (Å²) in [6.45, 7) is 6.95. The highest BCUT2D eigenvalue weighted by molar-refractivity contribution is 7.07. The largest absolute Gasteiger partial charge is 0.490 e. The first-order chi connectivity index (χ1) is 18.1. The SMILES string of the molecule is CCOC(=O)C1=C(C)N=c2s/c(=C/c3ccc(Cl)c(Cl)c3)c(=O)n2[C@@H]1c1ccc(OC(C)=O)c(OCC)c1. The third-order valence-electron chi connectivity index (χ3n) is 5.60. The third kappa shape index (κ3) is 5.55. The van der Waals surface area contributed by atoms with Gasteiger partial charge in [0.05, 0.1) is 45.1 Å². The van der Waals surface area contributed by atoms with Gasteiger partial charge in [0.25, 0.3) is 5.56 Å². The van der Waals surface area contributed by atoms with E-state index in [1.807, 2.05) is 0 Å². The number of hydrogen-bond acceptors (Lipinski definition) is 8. The van der Waals surface area contributed by atoms with E-state index in [9.17, 15) is 14.4 Å². The second-order valence-electron chi connectivity index (χ2n) is 8.21. The summed E-state index contributed by atoms with van der Waals surface area (Å²) in [7, 11) is 0. The maximum atomic E-state index is 13.8. The lowest BCUT2D eigenvalue weighted by molar-refractivity contribution is -0.139. The number of carbonyl (C=O) groups is 2. The van der Waals surface area contributed by atoms with Gasteiger partial charge in [-0.2, -0.15) is 0 Å². The van der Waals surface area contributed by atoms with Crippen molar-refractivity contribution in [2.45, 2.75) is 33.7 Å². The molecule has 0 saturated carbocycles. The van der Waals surface area contributed by atoms with E-state index in [0.29, 0.717) is 48.6 Å². The van der Waals surface area contributed by atoms with E-state index in [4.69, 9.17) is 37.4 Å². The number of esters is 2. The van der Waals surface area contributed by atoms with Crippen molar-refractivity contribution in [3.8, 4) is 11.5 Å². The number of hydrogen-bond donors (Lipinski definition) is 0. The number of rotatable bonds is 7. The van der Waals surface area contributed by atoms with E-state index in [0.717, 1.165) is 0 Å². The van der Waals surface area contributed by atoms with Crippen LogP contribution in [-0.4, -0.2) is 29.7 Å². The number of benzene rings is 2. The van der Waals surface area contributed by atoms with E-state index in [1.165, 1.54) is 22.8 Å². The number of ether oxygens (including phenoxy) is 3. The van der Waals surface area contributed by atoms with E-state index in [1.54, 1.807) is 63.2 Å². The molecule has 0 unspecified atom stereocenters. The van der Waals surface area contributed by atoms with E-state index >= 15 is 0 Å². The van der Waals surface area contributed by atoms with Crippen molar-refractivity contribution in [2.75, 3.05) is 13.2 Å². The molecule has 0 bridgehead atoms. The van der Waals surface area contributed by atoms with Crippen LogP contribution in [0.2, 0.25) is 10.0 Å². The Labute approximate surface area is 232 Å². The normalized spacial score (nSPS) is 15.1. The first-order valence-corrected chi connectivity index (χ1v) is 13.3. The fraction of sp³-hybridized carbons (Fsp3) is 0.259. The predicted molar refractivity (Wildman–Crippen MR) is 146 cm³/mol. The fourth-order valence-corrected chi connectivity index (χ4v) is 5.42. The predicted octanol–water partition coefficient (Wildman–Crippen LogP) is 4.43. The van der Waals surface area contributed by atoms with Crippen LogP contribution in [-0.2, 0) is 14.3 Å². The lowest BCUT2D eigenvalue weighted by atomic mass is 9.95. The Morgan fingerprint density at radius 1 is 1.08 bits per heavy atom. The smallest absolute Gasteiger partial charge is 0.338 e. The first-order valence-electron chi connectivity index (χ1n) is 11.7. The molecule has 0 amide bonds. The Morgan fingerprint density at radius 2 is 1.84 bits per heavy atom. The van der Waals surface area contributed by atoms with Crippen molar-refractivity contribution >= 4 is 52.6 Å². The maximum absolute atomic E-state index is 13.8. The number of allylic oxidation sites excluding steroid dienone is 1. The molecule has 2 aromatic carbocycles. The molecule has 0 spiro atoms. The Bertz CT molecular complexity index is 1640. The monoisotopic (exact) mass is 574 g/mol. The topological polar surface area (TPSA) is 96.2 Å². The average molecular weight is 575 g/mol. The number of nitrogens with zero attached hydrogens (tertiary/aromatic N) is 2. The van der Waals surface area contributed by atoms with Crippen LogP contribution < -0.4 is 24.4 Å². The minimum absolute atomic E-state index is 0.152. The molecular formula is C27H24Cl2N2O6S. The number of halogens is 2. The number of thiazole rings is 1. The van der Waals surface area contributed by atoms with Gasteiger partial charge in [0.1, 0.15) is 0 Å². The van der Waals surface area contributed by atoms with Gasteiger partial charge in [0, 0.05) is 6.92 Å². The van der Waals surface area contributed by atoms with Gasteiger partial charge in [-0.1, -0.05) is 46.7 Å². The second-order valence-corrected chi connectivity index (χ2v) is 10.0. The van der Waals surface area contributed by atoms with Crippen molar-refractivity contribution in [3.05, 3.63) is 88.5 Å². The highest BCUT2D eigenvalue weighted by Gasteiger charge is 2.34. The zero-order chi connectivity index (χ0) is 27.6. The third-order valence-corrected chi connectivity index (χ3v) is 7.32. The zero-order valence-electron chi connectivity index (χ0n) is 21.0. The van der Waals surface area contributed by atoms with Crippen LogP contribution in [0.15, 0.2) is 57.5 Å². The molecule has 0 saturated heterocycles.